The number of carbonyl (C=O) groups is 4. The zero-order chi connectivity index (χ0) is 42.3. The molecular formula is C50H51N5O5. The molecular weight excluding hydrogens is 751 g/mol. The Balaban J connectivity index is 1.29. The Labute approximate surface area is 351 Å². The molecule has 6 aromatic carbocycles. The molecule has 4 atom stereocenters. The van der Waals surface area contributed by atoms with E-state index in [9.17, 15) is 19.2 Å². The van der Waals surface area contributed by atoms with E-state index in [1.807, 2.05) is 166 Å². The molecule has 10 nitrogen and oxygen atoms in total. The fourth-order valence-electron chi connectivity index (χ4n) is 7.15. The lowest BCUT2D eigenvalue weighted by atomic mass is 10.0. The lowest BCUT2D eigenvalue weighted by molar-refractivity contribution is -0.145. The summed E-state index contributed by atoms with van der Waals surface area (Å²) < 4.78 is 5.06. The summed E-state index contributed by atoms with van der Waals surface area (Å²) in [5, 5.41) is 10.8. The number of methoxy groups -OCH3 is 1. The van der Waals surface area contributed by atoms with E-state index >= 15 is 0 Å². The van der Waals surface area contributed by atoms with Gasteiger partial charge in [-0.2, -0.15) is 0 Å². The number of hydrogen-bond acceptors (Lipinski definition) is 7. The summed E-state index contributed by atoms with van der Waals surface area (Å²) in [5.74, 6) is -2.19. The van der Waals surface area contributed by atoms with Gasteiger partial charge in [0, 0.05) is 62.6 Å². The van der Waals surface area contributed by atoms with E-state index in [-0.39, 0.29) is 25.7 Å². The number of fused-ring (bicyclic) bond motifs is 1. The Hall–Kier alpha value is -7.07. The molecule has 6 rings (SSSR count). The summed E-state index contributed by atoms with van der Waals surface area (Å²) in [6.45, 7) is 0. The Kier molecular flexibility index (Phi) is 14.9. The highest BCUT2D eigenvalue weighted by Crippen LogP contribution is 2.28. The van der Waals surface area contributed by atoms with Crippen molar-refractivity contribution in [2.45, 2.75) is 49.9 Å². The lowest BCUT2D eigenvalue weighted by Crippen LogP contribution is -2.58. The van der Waals surface area contributed by atoms with Gasteiger partial charge in [-0.15, -0.1) is 0 Å². The molecule has 0 heterocycles. The van der Waals surface area contributed by atoms with Crippen molar-refractivity contribution in [1.29, 1.82) is 0 Å². The van der Waals surface area contributed by atoms with Gasteiger partial charge in [-0.05, 0) is 33.7 Å². The largest absolute Gasteiger partial charge is 0.467 e. The molecule has 0 aliphatic rings. The van der Waals surface area contributed by atoms with Gasteiger partial charge >= 0.3 is 5.97 Å². The molecule has 0 fully saturated rings. The minimum Gasteiger partial charge on any atom is -0.467 e. The van der Waals surface area contributed by atoms with Gasteiger partial charge in [0.1, 0.15) is 24.2 Å². The maximum absolute atomic E-state index is 14.5. The van der Waals surface area contributed by atoms with Crippen LogP contribution >= 0.6 is 0 Å². The second-order valence-electron chi connectivity index (χ2n) is 14.9. The van der Waals surface area contributed by atoms with E-state index in [2.05, 4.69) is 26.9 Å². The number of hydrogen-bond donors (Lipinski definition) is 3. The van der Waals surface area contributed by atoms with Crippen LogP contribution in [-0.4, -0.2) is 75.3 Å². The summed E-state index contributed by atoms with van der Waals surface area (Å²) in [7, 11) is 5.27. The van der Waals surface area contributed by atoms with Gasteiger partial charge in [0.15, 0.2) is 0 Å². The third-order valence-corrected chi connectivity index (χ3v) is 10.3. The number of rotatable bonds is 18. The second-order valence-corrected chi connectivity index (χ2v) is 14.9. The molecule has 0 saturated heterocycles. The van der Waals surface area contributed by atoms with Crippen LogP contribution in [0, 0.1) is 0 Å². The van der Waals surface area contributed by atoms with E-state index in [4.69, 9.17) is 9.73 Å². The van der Waals surface area contributed by atoms with Crippen molar-refractivity contribution in [1.82, 2.24) is 16.0 Å². The molecule has 60 heavy (non-hydrogen) atoms. The molecule has 0 saturated carbocycles. The number of nitrogens with one attached hydrogen (secondary N) is 3. The van der Waals surface area contributed by atoms with Gasteiger partial charge in [0.05, 0.1) is 7.11 Å². The van der Waals surface area contributed by atoms with Crippen LogP contribution in [0.15, 0.2) is 163 Å². The predicted octanol–water partition coefficient (Wildman–Crippen LogP) is 6.29. The summed E-state index contributed by atoms with van der Waals surface area (Å²) in [5.41, 5.74) is 5.25. The molecule has 3 N–H and O–H groups in total. The quantitative estimate of drug-likeness (QED) is 0.0693. The Bertz CT molecular complexity index is 2370. The second kappa shape index (κ2) is 21.1. The third-order valence-electron chi connectivity index (χ3n) is 10.3. The lowest BCUT2D eigenvalue weighted by Gasteiger charge is -2.26. The van der Waals surface area contributed by atoms with Gasteiger partial charge in [0.25, 0.3) is 0 Å². The van der Waals surface area contributed by atoms with Gasteiger partial charge < -0.3 is 25.6 Å². The van der Waals surface area contributed by atoms with Gasteiger partial charge in [-0.3, -0.25) is 19.4 Å². The van der Waals surface area contributed by atoms with Crippen LogP contribution in [0.2, 0.25) is 0 Å². The smallest absolute Gasteiger partial charge is 0.328 e. The SMILES string of the molecule is COC(=O)[C@H](Cc1ccccc1)NC(=O)[C@H](Cc1ccccc1)NC(=O)[C@H](Cc1ccccc1)NC(=O)[C@H](Cc1ccccc1)N=Cc1ccc(N(C)C)c2ccccc12. The van der Waals surface area contributed by atoms with E-state index in [0.29, 0.717) is 0 Å². The Morgan fingerprint density at radius 3 is 1.38 bits per heavy atom. The van der Waals surface area contributed by atoms with Gasteiger partial charge in [-0.25, -0.2) is 4.79 Å². The zero-order valence-corrected chi connectivity index (χ0v) is 34.2. The van der Waals surface area contributed by atoms with Crippen LogP contribution in [-0.2, 0) is 49.6 Å². The average molecular weight is 802 g/mol. The fraction of sp³-hybridized carbons (Fsp3) is 0.220. The minimum atomic E-state index is -1.10. The predicted molar refractivity (Wildman–Crippen MR) is 238 cm³/mol. The first-order chi connectivity index (χ1) is 29.2. The maximum Gasteiger partial charge on any atom is 0.328 e. The van der Waals surface area contributed by atoms with Crippen LogP contribution < -0.4 is 20.9 Å². The van der Waals surface area contributed by atoms with Crippen molar-refractivity contribution >= 4 is 46.4 Å². The summed E-state index contributed by atoms with van der Waals surface area (Å²) in [6, 6.07) is 45.6. The minimum absolute atomic E-state index is 0.130. The van der Waals surface area contributed by atoms with Gasteiger partial charge in [-0.1, -0.05) is 152 Å². The van der Waals surface area contributed by atoms with E-state index in [1.165, 1.54) is 7.11 Å². The van der Waals surface area contributed by atoms with Crippen molar-refractivity contribution in [2.75, 3.05) is 26.1 Å². The molecule has 0 bridgehead atoms. The Morgan fingerprint density at radius 2 is 0.917 bits per heavy atom. The van der Waals surface area contributed by atoms with E-state index < -0.39 is 47.9 Å². The Morgan fingerprint density at radius 1 is 0.517 bits per heavy atom. The molecule has 306 valence electrons. The number of amides is 3. The summed E-state index contributed by atoms with van der Waals surface area (Å²) in [6.07, 6.45) is 2.48. The molecule has 0 radical (unpaired) electrons. The monoisotopic (exact) mass is 801 g/mol. The van der Waals surface area contributed by atoms with Crippen molar-refractivity contribution < 1.29 is 23.9 Å². The first kappa shape index (κ1) is 42.5. The van der Waals surface area contributed by atoms with Crippen LogP contribution in [0.25, 0.3) is 10.8 Å². The molecule has 0 spiro atoms. The van der Waals surface area contributed by atoms with E-state index in [0.717, 1.165) is 44.3 Å². The molecule has 3 amide bonds. The summed E-state index contributed by atoms with van der Waals surface area (Å²) in [4.78, 5) is 63.0. The van der Waals surface area contributed by atoms with Crippen molar-refractivity contribution in [3.05, 3.63) is 186 Å². The number of carbonyl (C=O) groups excluding carboxylic acids is 4. The molecule has 0 aliphatic heterocycles. The first-order valence-corrected chi connectivity index (χ1v) is 20.1. The number of anilines is 1. The third kappa shape index (κ3) is 11.8. The number of benzene rings is 6. The molecule has 0 aliphatic carbocycles. The first-order valence-electron chi connectivity index (χ1n) is 20.1. The average Bonchev–Trinajstić information content (AvgIpc) is 3.27. The van der Waals surface area contributed by atoms with Crippen LogP contribution in [0.4, 0.5) is 5.69 Å². The van der Waals surface area contributed by atoms with E-state index in [1.54, 1.807) is 6.21 Å². The normalized spacial score (nSPS) is 13.1. The number of aliphatic imine (C=N–C) groups is 1. The van der Waals surface area contributed by atoms with Crippen molar-refractivity contribution in [2.24, 2.45) is 4.99 Å². The molecule has 6 aromatic rings. The highest BCUT2D eigenvalue weighted by atomic mass is 16.5. The fourth-order valence-corrected chi connectivity index (χ4v) is 7.15. The zero-order valence-electron chi connectivity index (χ0n) is 34.2. The topological polar surface area (TPSA) is 129 Å². The standard InChI is InChI=1S/C50H51N5O5/c1-55(2)46-29-28-39(40-26-16-17-27-41(40)46)34-51-42(30-35-18-8-4-9-19-35)47(56)52-43(31-36-20-10-5-11-21-36)48(57)53-44(32-37-22-12-6-13-23-37)49(58)54-45(50(59)60-3)33-38-24-14-7-15-25-38/h4-29,34,42-45H,30-33H2,1-3H3,(H,52,56)(H,53,57)(H,54,58)/t42-,43-,44-,45-/m0/s1. The van der Waals surface area contributed by atoms with Crippen LogP contribution in [0.1, 0.15) is 27.8 Å². The number of esters is 1. The highest BCUT2D eigenvalue weighted by molar-refractivity contribution is 6.05. The number of nitrogens with zero attached hydrogens (tertiary/aromatic N) is 2. The molecule has 0 unspecified atom stereocenters. The number of ether oxygens (including phenoxy) is 1. The van der Waals surface area contributed by atoms with Gasteiger partial charge in [0.2, 0.25) is 17.7 Å². The molecule has 0 aromatic heterocycles. The highest BCUT2D eigenvalue weighted by Gasteiger charge is 2.32. The van der Waals surface area contributed by atoms with Crippen LogP contribution in [0.3, 0.4) is 0 Å². The van der Waals surface area contributed by atoms with Crippen LogP contribution in [0.5, 0.6) is 0 Å². The van der Waals surface area contributed by atoms with Crippen molar-refractivity contribution in [3.63, 3.8) is 0 Å². The summed E-state index contributed by atoms with van der Waals surface area (Å²) >= 11 is 0. The molecule has 10 heteroatoms. The van der Waals surface area contributed by atoms with Crippen molar-refractivity contribution in [3.8, 4) is 0 Å². The maximum atomic E-state index is 14.5.